The summed E-state index contributed by atoms with van der Waals surface area (Å²) in [7, 11) is 0. The fourth-order valence-electron chi connectivity index (χ4n) is 1.76. The Bertz CT molecular complexity index is 245. The van der Waals surface area contributed by atoms with Crippen molar-refractivity contribution in [2.75, 3.05) is 0 Å². The third kappa shape index (κ3) is 1.68. The molecule has 0 unspecified atom stereocenters. The molecule has 0 radical (unpaired) electrons. The van der Waals surface area contributed by atoms with Crippen molar-refractivity contribution in [3.8, 4) is 0 Å². The predicted octanol–water partition coefficient (Wildman–Crippen LogP) is 2.97. The summed E-state index contributed by atoms with van der Waals surface area (Å²) >= 11 is 0. The summed E-state index contributed by atoms with van der Waals surface area (Å²) < 4.78 is 0. The summed E-state index contributed by atoms with van der Waals surface area (Å²) in [6, 6.07) is 0. The van der Waals surface area contributed by atoms with Crippen LogP contribution in [0.15, 0.2) is 16.3 Å². The Morgan fingerprint density at radius 1 is 1.33 bits per heavy atom. The van der Waals surface area contributed by atoms with Crippen LogP contribution in [0.5, 0.6) is 0 Å². The summed E-state index contributed by atoms with van der Waals surface area (Å²) in [5.74, 6) is 0. The van der Waals surface area contributed by atoms with Crippen LogP contribution in [0.4, 0.5) is 0 Å². The van der Waals surface area contributed by atoms with Crippen molar-refractivity contribution in [3.63, 3.8) is 0 Å². The highest BCUT2D eigenvalue weighted by atomic mass is 16.4. The number of nitrogens with zero attached hydrogens (tertiary/aromatic N) is 1. The number of rotatable bonds is 0. The minimum absolute atomic E-state index is 0.272. The lowest BCUT2D eigenvalue weighted by Crippen LogP contribution is -2.04. The molecular formula is C10H17NO. The molecule has 0 aromatic heterocycles. The molecule has 1 fully saturated rings. The van der Waals surface area contributed by atoms with Crippen LogP contribution in [-0.4, -0.2) is 10.9 Å². The van der Waals surface area contributed by atoms with Crippen LogP contribution in [0, 0.1) is 5.41 Å². The molecule has 0 heterocycles. The van der Waals surface area contributed by atoms with Crippen LogP contribution in [0.1, 0.15) is 40.5 Å². The molecule has 1 saturated carbocycles. The van der Waals surface area contributed by atoms with E-state index in [2.05, 4.69) is 32.9 Å². The van der Waals surface area contributed by atoms with E-state index in [1.807, 2.05) is 0 Å². The van der Waals surface area contributed by atoms with Gasteiger partial charge in [-0.1, -0.05) is 24.6 Å². The maximum atomic E-state index is 8.77. The highest BCUT2D eigenvalue weighted by molar-refractivity contribution is 6.03. The smallest absolute Gasteiger partial charge is 0.0832 e. The molecule has 2 heteroatoms. The summed E-state index contributed by atoms with van der Waals surface area (Å²) in [6.45, 7) is 8.55. The van der Waals surface area contributed by atoms with Gasteiger partial charge >= 0.3 is 0 Å². The van der Waals surface area contributed by atoms with E-state index in [1.54, 1.807) is 0 Å². The molecule has 68 valence electrons. The van der Waals surface area contributed by atoms with Gasteiger partial charge in [0.2, 0.25) is 0 Å². The summed E-state index contributed by atoms with van der Waals surface area (Å²) in [5.41, 5.74) is 3.66. The molecule has 1 aliphatic rings. The van der Waals surface area contributed by atoms with E-state index < -0.39 is 0 Å². The molecule has 0 atom stereocenters. The molecule has 0 saturated heterocycles. The van der Waals surface area contributed by atoms with E-state index in [4.69, 9.17) is 5.21 Å². The van der Waals surface area contributed by atoms with Gasteiger partial charge in [0.1, 0.15) is 0 Å². The van der Waals surface area contributed by atoms with E-state index in [9.17, 15) is 0 Å². The zero-order valence-corrected chi connectivity index (χ0v) is 8.31. The number of allylic oxidation sites excluding steroid dienone is 2. The zero-order chi connectivity index (χ0) is 9.35. The minimum Gasteiger partial charge on any atom is -0.411 e. The molecule has 0 aliphatic heterocycles. The van der Waals surface area contributed by atoms with Crippen LogP contribution in [0.25, 0.3) is 0 Å². The SMILES string of the molecule is CC(C)=C1CC(C)(C)C/C1=N\O. The monoisotopic (exact) mass is 167 g/mol. The molecular weight excluding hydrogens is 150 g/mol. The van der Waals surface area contributed by atoms with E-state index >= 15 is 0 Å². The molecule has 12 heavy (non-hydrogen) atoms. The summed E-state index contributed by atoms with van der Waals surface area (Å²) in [6.07, 6.45) is 1.93. The number of hydrogen-bond donors (Lipinski definition) is 1. The minimum atomic E-state index is 0.272. The van der Waals surface area contributed by atoms with Gasteiger partial charge in [-0.25, -0.2) is 0 Å². The molecule has 0 aromatic rings. The lowest BCUT2D eigenvalue weighted by atomic mass is 9.91. The summed E-state index contributed by atoms with van der Waals surface area (Å²) in [5, 5.41) is 12.1. The molecule has 0 aromatic carbocycles. The topological polar surface area (TPSA) is 32.6 Å². The fraction of sp³-hybridized carbons (Fsp3) is 0.700. The maximum absolute atomic E-state index is 8.77. The largest absolute Gasteiger partial charge is 0.411 e. The van der Waals surface area contributed by atoms with Gasteiger partial charge in [-0.05, 0) is 37.7 Å². The van der Waals surface area contributed by atoms with Crippen molar-refractivity contribution in [3.05, 3.63) is 11.1 Å². The second-order valence-corrected chi connectivity index (χ2v) is 4.54. The number of hydrogen-bond acceptors (Lipinski definition) is 2. The van der Waals surface area contributed by atoms with Crippen molar-refractivity contribution in [1.82, 2.24) is 0 Å². The highest BCUT2D eigenvalue weighted by Gasteiger charge is 2.32. The van der Waals surface area contributed by atoms with E-state index in [0.29, 0.717) is 0 Å². The first-order chi connectivity index (χ1) is 5.46. The lowest BCUT2D eigenvalue weighted by molar-refractivity contribution is 0.316. The van der Waals surface area contributed by atoms with Crippen molar-refractivity contribution >= 4 is 5.71 Å². The fourth-order valence-corrected chi connectivity index (χ4v) is 1.76. The van der Waals surface area contributed by atoms with Gasteiger partial charge in [0.25, 0.3) is 0 Å². The van der Waals surface area contributed by atoms with Crippen molar-refractivity contribution in [1.29, 1.82) is 0 Å². The van der Waals surface area contributed by atoms with E-state index in [0.717, 1.165) is 18.6 Å². The molecule has 2 nitrogen and oxygen atoms in total. The Morgan fingerprint density at radius 2 is 1.92 bits per heavy atom. The van der Waals surface area contributed by atoms with Crippen LogP contribution in [0.2, 0.25) is 0 Å². The van der Waals surface area contributed by atoms with Crippen LogP contribution in [-0.2, 0) is 0 Å². The molecule has 0 bridgehead atoms. The third-order valence-corrected chi connectivity index (χ3v) is 2.37. The standard InChI is InChI=1S/C10H17NO/c1-7(2)8-5-10(3,4)6-9(8)11-12/h12H,5-6H2,1-4H3/b11-9+. The van der Waals surface area contributed by atoms with Gasteiger partial charge in [-0.2, -0.15) is 0 Å². The quantitative estimate of drug-likeness (QED) is 0.436. The van der Waals surface area contributed by atoms with E-state index in [-0.39, 0.29) is 5.41 Å². The second kappa shape index (κ2) is 2.92. The van der Waals surface area contributed by atoms with Crippen molar-refractivity contribution < 1.29 is 5.21 Å². The Labute approximate surface area is 74.0 Å². The first-order valence-corrected chi connectivity index (χ1v) is 4.34. The van der Waals surface area contributed by atoms with Crippen molar-refractivity contribution in [2.45, 2.75) is 40.5 Å². The van der Waals surface area contributed by atoms with Gasteiger partial charge in [0.05, 0.1) is 5.71 Å². The average molecular weight is 167 g/mol. The zero-order valence-electron chi connectivity index (χ0n) is 8.31. The van der Waals surface area contributed by atoms with Gasteiger partial charge in [-0.15, -0.1) is 0 Å². The van der Waals surface area contributed by atoms with Gasteiger partial charge in [-0.3, -0.25) is 0 Å². The Hall–Kier alpha value is -0.790. The van der Waals surface area contributed by atoms with Gasteiger partial charge < -0.3 is 5.21 Å². The molecule has 1 rings (SSSR count). The highest BCUT2D eigenvalue weighted by Crippen LogP contribution is 2.39. The summed E-state index contributed by atoms with van der Waals surface area (Å²) in [4.78, 5) is 0. The van der Waals surface area contributed by atoms with Crippen LogP contribution < -0.4 is 0 Å². The van der Waals surface area contributed by atoms with Crippen LogP contribution in [0.3, 0.4) is 0 Å². The van der Waals surface area contributed by atoms with Gasteiger partial charge in [0.15, 0.2) is 0 Å². The molecule has 1 aliphatic carbocycles. The molecule has 0 spiro atoms. The predicted molar refractivity (Wildman–Crippen MR) is 50.6 cm³/mol. The lowest BCUT2D eigenvalue weighted by Gasteiger charge is -2.13. The van der Waals surface area contributed by atoms with E-state index in [1.165, 1.54) is 11.1 Å². The maximum Gasteiger partial charge on any atom is 0.0832 e. The first kappa shape index (κ1) is 9.30. The first-order valence-electron chi connectivity index (χ1n) is 4.34. The second-order valence-electron chi connectivity index (χ2n) is 4.54. The Kier molecular flexibility index (Phi) is 2.27. The van der Waals surface area contributed by atoms with Gasteiger partial charge in [0, 0.05) is 0 Å². The Balaban J connectivity index is 3.01. The average Bonchev–Trinajstić information content (AvgIpc) is 2.25. The number of oxime groups is 1. The van der Waals surface area contributed by atoms with Crippen LogP contribution >= 0.6 is 0 Å². The third-order valence-electron chi connectivity index (χ3n) is 2.37. The molecule has 0 amide bonds. The Morgan fingerprint density at radius 3 is 2.25 bits per heavy atom. The molecule has 1 N–H and O–H groups in total. The normalized spacial score (nSPS) is 25.0. The van der Waals surface area contributed by atoms with Crippen molar-refractivity contribution in [2.24, 2.45) is 10.6 Å².